The molecule has 182 valence electrons. The number of likely N-dealkylation sites (tertiary alicyclic amines) is 1. The summed E-state index contributed by atoms with van der Waals surface area (Å²) in [5, 5.41) is 11.7. The maximum atomic E-state index is 11.7. The molecule has 1 heterocycles. The van der Waals surface area contributed by atoms with Crippen LogP contribution >= 0.6 is 0 Å². The first-order valence-electron chi connectivity index (χ1n) is 12.8. The molecule has 0 aromatic heterocycles. The lowest BCUT2D eigenvalue weighted by molar-refractivity contribution is 0.0262. The predicted molar refractivity (Wildman–Crippen MR) is 141 cm³/mol. The molecule has 0 bridgehead atoms. The van der Waals surface area contributed by atoms with Crippen LogP contribution in [0, 0.1) is 0 Å². The molecule has 3 aromatic rings. The van der Waals surface area contributed by atoms with Crippen LogP contribution < -0.4 is 9.47 Å². The Labute approximate surface area is 208 Å². The van der Waals surface area contributed by atoms with Gasteiger partial charge in [-0.15, -0.1) is 0 Å². The van der Waals surface area contributed by atoms with Gasteiger partial charge in [-0.3, -0.25) is 4.90 Å². The van der Waals surface area contributed by atoms with Gasteiger partial charge >= 0.3 is 0 Å². The third-order valence-electron chi connectivity index (χ3n) is 7.40. The van der Waals surface area contributed by atoms with E-state index < -0.39 is 6.10 Å². The number of piperidine rings is 1. The maximum absolute atomic E-state index is 11.7. The molecule has 1 aliphatic heterocycles. The van der Waals surface area contributed by atoms with Gasteiger partial charge in [-0.1, -0.05) is 55.0 Å². The number of allylic oxidation sites excluding steroid dienone is 1. The van der Waals surface area contributed by atoms with Crippen molar-refractivity contribution in [3.05, 3.63) is 95.1 Å². The number of fused-ring (bicyclic) bond motifs is 1. The summed E-state index contributed by atoms with van der Waals surface area (Å²) in [4.78, 5) is 2.40. The van der Waals surface area contributed by atoms with Crippen molar-refractivity contribution in [2.45, 2.75) is 51.4 Å². The van der Waals surface area contributed by atoms with Gasteiger partial charge in [0.25, 0.3) is 0 Å². The van der Waals surface area contributed by atoms with Crippen molar-refractivity contribution in [2.24, 2.45) is 0 Å². The van der Waals surface area contributed by atoms with E-state index in [4.69, 9.17) is 9.47 Å². The van der Waals surface area contributed by atoms with E-state index in [0.717, 1.165) is 59.7 Å². The van der Waals surface area contributed by atoms with Crippen molar-refractivity contribution in [1.29, 1.82) is 0 Å². The van der Waals surface area contributed by atoms with E-state index in [1.165, 1.54) is 30.4 Å². The zero-order valence-electron chi connectivity index (χ0n) is 20.7. The molecule has 0 saturated carbocycles. The molecule has 0 spiro atoms. The van der Waals surface area contributed by atoms with E-state index in [-0.39, 0.29) is 6.23 Å². The first-order chi connectivity index (χ1) is 17.1. The van der Waals surface area contributed by atoms with Gasteiger partial charge in [-0.25, -0.2) is 0 Å². The van der Waals surface area contributed by atoms with Crippen LogP contribution in [-0.4, -0.2) is 36.4 Å². The van der Waals surface area contributed by atoms with Crippen molar-refractivity contribution in [1.82, 2.24) is 4.90 Å². The zero-order valence-corrected chi connectivity index (χ0v) is 20.7. The molecule has 0 amide bonds. The summed E-state index contributed by atoms with van der Waals surface area (Å²) in [6, 6.07) is 24.6. The second kappa shape index (κ2) is 10.7. The van der Waals surface area contributed by atoms with E-state index >= 15 is 0 Å². The number of methoxy groups -OCH3 is 1. The van der Waals surface area contributed by atoms with Crippen LogP contribution in [0.5, 0.6) is 11.5 Å². The highest BCUT2D eigenvalue weighted by molar-refractivity contribution is 5.95. The summed E-state index contributed by atoms with van der Waals surface area (Å²) in [6.07, 6.45) is 4.99. The molecule has 4 nitrogen and oxygen atoms in total. The number of nitrogens with zero attached hydrogens (tertiary/aromatic N) is 1. The Morgan fingerprint density at radius 3 is 2.20 bits per heavy atom. The molecule has 1 aliphatic carbocycles. The Balaban J connectivity index is 1.43. The SMILES string of the molecule is COc1ccc(C2=C(C(O)c3ccc(OC(C)N4CCCCC4)cc3)c3ccccc3CC2)cc1. The highest BCUT2D eigenvalue weighted by Gasteiger charge is 2.26. The molecule has 4 heteroatoms. The molecule has 1 N–H and O–H groups in total. The Bertz CT molecular complexity index is 1160. The molecule has 5 rings (SSSR count). The van der Waals surface area contributed by atoms with Crippen LogP contribution in [0.15, 0.2) is 72.8 Å². The Kier molecular flexibility index (Phi) is 7.21. The van der Waals surface area contributed by atoms with Crippen LogP contribution in [0.3, 0.4) is 0 Å². The van der Waals surface area contributed by atoms with Crippen molar-refractivity contribution < 1.29 is 14.6 Å². The van der Waals surface area contributed by atoms with Crippen LogP contribution in [0.4, 0.5) is 0 Å². The first kappa shape index (κ1) is 23.7. The summed E-state index contributed by atoms with van der Waals surface area (Å²) in [5.74, 6) is 1.68. The number of hydrogen-bond acceptors (Lipinski definition) is 4. The maximum Gasteiger partial charge on any atom is 0.149 e. The summed E-state index contributed by atoms with van der Waals surface area (Å²) < 4.78 is 11.6. The minimum atomic E-state index is -0.720. The van der Waals surface area contributed by atoms with Crippen LogP contribution in [-0.2, 0) is 6.42 Å². The standard InChI is InChI=1S/C31H35NO3/c1-22(32-20-6-3-7-21-32)35-27-17-12-25(13-18-27)31(33)30-28-9-5-4-8-23(28)14-19-29(30)24-10-15-26(34-2)16-11-24/h4-5,8-13,15-18,22,31,33H,3,6-7,14,19-21H2,1-2H3. The zero-order chi connectivity index (χ0) is 24.2. The monoisotopic (exact) mass is 469 g/mol. The molecule has 3 aromatic carbocycles. The predicted octanol–water partition coefficient (Wildman–Crippen LogP) is 6.50. The minimum Gasteiger partial charge on any atom is -0.497 e. The third-order valence-corrected chi connectivity index (χ3v) is 7.40. The number of aliphatic hydroxyl groups is 1. The van der Waals surface area contributed by atoms with Crippen LogP contribution in [0.1, 0.15) is 61.0 Å². The fourth-order valence-corrected chi connectivity index (χ4v) is 5.41. The molecule has 0 radical (unpaired) electrons. The van der Waals surface area contributed by atoms with E-state index in [0.29, 0.717) is 0 Å². The topological polar surface area (TPSA) is 41.9 Å². The van der Waals surface area contributed by atoms with Crippen molar-refractivity contribution in [3.8, 4) is 11.5 Å². The van der Waals surface area contributed by atoms with E-state index in [1.807, 2.05) is 36.4 Å². The van der Waals surface area contributed by atoms with Crippen LogP contribution in [0.25, 0.3) is 11.1 Å². The first-order valence-corrected chi connectivity index (χ1v) is 12.8. The lowest BCUT2D eigenvalue weighted by Gasteiger charge is -2.32. The number of aryl methyl sites for hydroxylation is 1. The molecule has 1 fully saturated rings. The number of hydrogen-bond donors (Lipinski definition) is 1. The van der Waals surface area contributed by atoms with Gasteiger partial charge in [-0.2, -0.15) is 0 Å². The van der Waals surface area contributed by atoms with Gasteiger partial charge in [0.2, 0.25) is 0 Å². The second-order valence-electron chi connectivity index (χ2n) is 9.56. The third kappa shape index (κ3) is 5.14. The van der Waals surface area contributed by atoms with Crippen molar-refractivity contribution in [3.63, 3.8) is 0 Å². The van der Waals surface area contributed by atoms with Gasteiger partial charge in [-0.05, 0) is 90.3 Å². The number of rotatable bonds is 7. The fourth-order valence-electron chi connectivity index (χ4n) is 5.41. The van der Waals surface area contributed by atoms with Gasteiger partial charge in [0, 0.05) is 13.1 Å². The number of benzene rings is 3. The van der Waals surface area contributed by atoms with Crippen LogP contribution in [0.2, 0.25) is 0 Å². The van der Waals surface area contributed by atoms with E-state index in [9.17, 15) is 5.11 Å². The smallest absolute Gasteiger partial charge is 0.149 e. The molecule has 1 saturated heterocycles. The molecule has 2 unspecified atom stereocenters. The molecule has 2 aliphatic rings. The summed E-state index contributed by atoms with van der Waals surface area (Å²) in [7, 11) is 1.68. The van der Waals surface area contributed by atoms with Gasteiger partial charge < -0.3 is 14.6 Å². The van der Waals surface area contributed by atoms with Gasteiger partial charge in [0.05, 0.1) is 7.11 Å². The minimum absolute atomic E-state index is 0.0562. The van der Waals surface area contributed by atoms with Gasteiger partial charge in [0.15, 0.2) is 0 Å². The number of aliphatic hydroxyl groups excluding tert-OH is 1. The van der Waals surface area contributed by atoms with Gasteiger partial charge in [0.1, 0.15) is 23.8 Å². The summed E-state index contributed by atoms with van der Waals surface area (Å²) in [6.45, 7) is 4.32. The van der Waals surface area contributed by atoms with Crippen molar-refractivity contribution >= 4 is 11.1 Å². The Morgan fingerprint density at radius 2 is 1.49 bits per heavy atom. The quantitative estimate of drug-likeness (QED) is 0.429. The average molecular weight is 470 g/mol. The highest BCUT2D eigenvalue weighted by atomic mass is 16.5. The number of ether oxygens (including phenoxy) is 2. The lowest BCUT2D eigenvalue weighted by atomic mass is 9.79. The molecular formula is C31H35NO3. The second-order valence-corrected chi connectivity index (χ2v) is 9.56. The normalized spacial score (nSPS) is 18.0. The Hall–Kier alpha value is -3.08. The average Bonchev–Trinajstić information content (AvgIpc) is 2.93. The molecule has 2 atom stereocenters. The van der Waals surface area contributed by atoms with E-state index in [2.05, 4.69) is 48.2 Å². The van der Waals surface area contributed by atoms with Crippen molar-refractivity contribution in [2.75, 3.05) is 20.2 Å². The summed E-state index contributed by atoms with van der Waals surface area (Å²) >= 11 is 0. The molecular weight excluding hydrogens is 434 g/mol. The Morgan fingerprint density at radius 1 is 0.800 bits per heavy atom. The lowest BCUT2D eigenvalue weighted by Crippen LogP contribution is -2.40. The largest absolute Gasteiger partial charge is 0.497 e. The fraction of sp³-hybridized carbons (Fsp3) is 0.355. The highest BCUT2D eigenvalue weighted by Crippen LogP contribution is 2.44. The summed E-state index contributed by atoms with van der Waals surface area (Å²) in [5.41, 5.74) is 6.61. The molecule has 35 heavy (non-hydrogen) atoms. The van der Waals surface area contributed by atoms with E-state index in [1.54, 1.807) is 7.11 Å².